The maximum absolute atomic E-state index is 13.7. The number of sulfonamides is 1. The number of rotatable bonds is 7. The third kappa shape index (κ3) is 5.89. The summed E-state index contributed by atoms with van der Waals surface area (Å²) in [6.45, 7) is 7.39. The van der Waals surface area contributed by atoms with Crippen LogP contribution in [0.4, 0.5) is 5.69 Å². The second kappa shape index (κ2) is 10.8. The van der Waals surface area contributed by atoms with E-state index in [-0.39, 0.29) is 34.6 Å². The Morgan fingerprint density at radius 3 is 2.65 bits per heavy atom. The van der Waals surface area contributed by atoms with Crippen molar-refractivity contribution in [1.82, 2.24) is 9.46 Å². The maximum atomic E-state index is 13.7. The van der Waals surface area contributed by atoms with Gasteiger partial charge < -0.3 is 9.84 Å². The number of carbonyl (C=O) groups is 2. The van der Waals surface area contributed by atoms with E-state index >= 15 is 0 Å². The van der Waals surface area contributed by atoms with Crippen LogP contribution in [0.2, 0.25) is 0 Å². The normalized spacial score (nSPS) is 16.7. The molecule has 2 heterocycles. The fourth-order valence-corrected chi connectivity index (χ4v) is 6.24. The molecule has 1 aliphatic rings. The summed E-state index contributed by atoms with van der Waals surface area (Å²) in [5, 5.41) is 6.75. The van der Waals surface area contributed by atoms with Gasteiger partial charge in [-0.2, -0.15) is 4.31 Å². The molecule has 1 aromatic heterocycles. The first-order valence-electron chi connectivity index (χ1n) is 12.2. The first kappa shape index (κ1) is 26.5. The third-order valence-corrected chi connectivity index (χ3v) is 8.60. The molecule has 0 spiro atoms. The van der Waals surface area contributed by atoms with Crippen LogP contribution in [0.1, 0.15) is 58.3 Å². The lowest BCUT2D eigenvalue weighted by Gasteiger charge is -2.31. The van der Waals surface area contributed by atoms with E-state index in [0.29, 0.717) is 30.6 Å². The van der Waals surface area contributed by atoms with Crippen LogP contribution in [0.15, 0.2) is 51.9 Å². The predicted octanol–water partition coefficient (Wildman–Crippen LogP) is 5.01. The maximum Gasteiger partial charge on any atom is 0.248 e. The van der Waals surface area contributed by atoms with Crippen LogP contribution in [0.5, 0.6) is 0 Å². The molecule has 9 heteroatoms. The van der Waals surface area contributed by atoms with E-state index in [4.69, 9.17) is 4.52 Å². The van der Waals surface area contributed by atoms with Crippen molar-refractivity contribution in [2.45, 2.75) is 45.4 Å². The van der Waals surface area contributed by atoms with Crippen LogP contribution in [0.3, 0.4) is 0 Å². The summed E-state index contributed by atoms with van der Waals surface area (Å²) in [5.41, 5.74) is 4.38. The number of anilines is 1. The van der Waals surface area contributed by atoms with Crippen molar-refractivity contribution in [1.29, 1.82) is 0 Å². The summed E-state index contributed by atoms with van der Waals surface area (Å²) in [6, 6.07) is 12.7. The summed E-state index contributed by atoms with van der Waals surface area (Å²) >= 11 is 0. The van der Waals surface area contributed by atoms with E-state index in [1.807, 2.05) is 38.1 Å². The van der Waals surface area contributed by atoms with Gasteiger partial charge in [0.25, 0.3) is 0 Å². The smallest absolute Gasteiger partial charge is 0.248 e. The van der Waals surface area contributed by atoms with Crippen LogP contribution < -0.4 is 5.32 Å². The van der Waals surface area contributed by atoms with Crippen LogP contribution in [-0.2, 0) is 14.8 Å². The largest absolute Gasteiger partial charge is 0.355 e. The Hall–Kier alpha value is -3.56. The molecule has 0 unspecified atom stereocenters. The minimum Gasteiger partial charge on any atom is -0.355 e. The number of amides is 1. The zero-order chi connectivity index (χ0) is 26.7. The number of carbonyl (C=O) groups excluding carboxylic acids is 2. The van der Waals surface area contributed by atoms with Crippen molar-refractivity contribution >= 4 is 39.6 Å². The lowest BCUT2D eigenvalue weighted by Crippen LogP contribution is -2.43. The number of aryl methyl sites for hydroxylation is 3. The molecular formula is C28H31N3O5S. The quantitative estimate of drug-likeness (QED) is 0.438. The van der Waals surface area contributed by atoms with Gasteiger partial charge in [-0.1, -0.05) is 47.1 Å². The molecule has 0 saturated carbocycles. The highest BCUT2D eigenvalue weighted by Crippen LogP contribution is 2.30. The number of nitrogens with one attached hydrogen (secondary N) is 1. The molecule has 1 aliphatic heterocycles. The fourth-order valence-electron chi connectivity index (χ4n) is 4.47. The third-order valence-electron chi connectivity index (χ3n) is 6.57. The molecule has 1 atom stereocenters. The fraction of sp³-hybridized carbons (Fsp3) is 0.321. The highest BCUT2D eigenvalue weighted by atomic mass is 32.2. The minimum absolute atomic E-state index is 0.0178. The molecule has 2 aromatic carbocycles. The van der Waals surface area contributed by atoms with Crippen LogP contribution in [-0.4, -0.2) is 42.7 Å². The highest BCUT2D eigenvalue weighted by Gasteiger charge is 2.37. The van der Waals surface area contributed by atoms with Crippen LogP contribution in [0.25, 0.3) is 12.2 Å². The molecule has 4 rings (SSSR count). The SMILES string of the molecule is CC(=O)c1cccc(NC(=O)[C@@H]2CCCN(S(=O)(=O)c3c(C)noc3/C=C/c3cc(C)ccc3C)C2)c1. The number of hydrogen-bond donors (Lipinski definition) is 1. The van der Waals surface area contributed by atoms with Gasteiger partial charge in [-0.05, 0) is 69.9 Å². The topological polar surface area (TPSA) is 110 Å². The molecule has 8 nitrogen and oxygen atoms in total. The van der Waals surface area contributed by atoms with Crippen LogP contribution in [0, 0.1) is 26.7 Å². The predicted molar refractivity (Wildman–Crippen MR) is 143 cm³/mol. The van der Waals surface area contributed by atoms with Gasteiger partial charge in [0.1, 0.15) is 5.69 Å². The monoisotopic (exact) mass is 521 g/mol. The van der Waals surface area contributed by atoms with Crippen molar-refractivity contribution in [3.8, 4) is 0 Å². The molecule has 0 bridgehead atoms. The standard InChI is InChI=1S/C28H31N3O5S/c1-18-10-11-19(2)22(15-18)12-13-26-27(20(3)30-36-26)37(34,35)31-14-6-8-24(17-31)28(33)29-25-9-5-7-23(16-25)21(4)32/h5,7,9-13,15-16,24H,6,8,14,17H2,1-4H3,(H,29,33)/b13-12+/t24-/m1/s1. The van der Waals surface area contributed by atoms with Gasteiger partial charge in [0.05, 0.1) is 5.92 Å². The Kier molecular flexibility index (Phi) is 7.75. The molecule has 1 saturated heterocycles. The molecule has 1 N–H and O–H groups in total. The molecule has 1 fully saturated rings. The first-order chi connectivity index (χ1) is 17.6. The molecule has 0 aliphatic carbocycles. The second-order valence-electron chi connectivity index (χ2n) is 9.48. The van der Waals surface area contributed by atoms with Gasteiger partial charge >= 0.3 is 0 Å². The number of aromatic nitrogens is 1. The van der Waals surface area contributed by atoms with E-state index in [1.54, 1.807) is 37.3 Å². The van der Waals surface area contributed by atoms with E-state index in [9.17, 15) is 18.0 Å². The average molecular weight is 522 g/mol. The van der Waals surface area contributed by atoms with Gasteiger partial charge in [-0.25, -0.2) is 8.42 Å². The summed E-state index contributed by atoms with van der Waals surface area (Å²) in [6.07, 6.45) is 4.56. The number of piperidine rings is 1. The van der Waals surface area contributed by atoms with Crippen molar-refractivity contribution in [3.63, 3.8) is 0 Å². The average Bonchev–Trinajstić information content (AvgIpc) is 3.25. The highest BCUT2D eigenvalue weighted by molar-refractivity contribution is 7.89. The zero-order valence-corrected chi connectivity index (χ0v) is 22.3. The number of benzene rings is 2. The van der Waals surface area contributed by atoms with E-state index in [2.05, 4.69) is 10.5 Å². The Balaban J connectivity index is 1.54. The molecule has 0 radical (unpaired) electrons. The molecular weight excluding hydrogens is 490 g/mol. The Labute approximate surface area is 217 Å². The van der Waals surface area contributed by atoms with Gasteiger partial charge in [0.15, 0.2) is 16.4 Å². The van der Waals surface area contributed by atoms with Gasteiger partial charge in [0.2, 0.25) is 15.9 Å². The lowest BCUT2D eigenvalue weighted by molar-refractivity contribution is -0.120. The summed E-state index contributed by atoms with van der Waals surface area (Å²) in [4.78, 5) is 24.7. The molecule has 194 valence electrons. The summed E-state index contributed by atoms with van der Waals surface area (Å²) < 4.78 is 34.1. The zero-order valence-electron chi connectivity index (χ0n) is 21.4. The van der Waals surface area contributed by atoms with Crippen molar-refractivity contribution in [3.05, 3.63) is 76.2 Å². The van der Waals surface area contributed by atoms with Crippen LogP contribution >= 0.6 is 0 Å². The Morgan fingerprint density at radius 2 is 1.89 bits per heavy atom. The summed E-state index contributed by atoms with van der Waals surface area (Å²) in [5.74, 6) is -0.750. The number of nitrogens with zero attached hydrogens (tertiary/aromatic N) is 2. The van der Waals surface area contributed by atoms with Gasteiger partial charge in [-0.3, -0.25) is 9.59 Å². The van der Waals surface area contributed by atoms with E-state index in [1.165, 1.54) is 11.2 Å². The van der Waals surface area contributed by atoms with Gasteiger partial charge in [-0.15, -0.1) is 0 Å². The second-order valence-corrected chi connectivity index (χ2v) is 11.4. The Bertz CT molecular complexity index is 1470. The van der Waals surface area contributed by atoms with Crippen molar-refractivity contribution in [2.24, 2.45) is 5.92 Å². The number of hydrogen-bond acceptors (Lipinski definition) is 6. The molecule has 1 amide bonds. The lowest BCUT2D eigenvalue weighted by atomic mass is 9.98. The van der Waals surface area contributed by atoms with E-state index < -0.39 is 15.9 Å². The van der Waals surface area contributed by atoms with E-state index in [0.717, 1.165) is 16.7 Å². The summed E-state index contributed by atoms with van der Waals surface area (Å²) in [7, 11) is -3.96. The van der Waals surface area contributed by atoms with Crippen molar-refractivity contribution < 1.29 is 22.5 Å². The van der Waals surface area contributed by atoms with Crippen molar-refractivity contribution in [2.75, 3.05) is 18.4 Å². The molecule has 37 heavy (non-hydrogen) atoms. The Morgan fingerprint density at radius 1 is 1.11 bits per heavy atom. The minimum atomic E-state index is -3.96. The van der Waals surface area contributed by atoms with Gasteiger partial charge in [0, 0.05) is 24.3 Å². The number of ketones is 1. The first-order valence-corrected chi connectivity index (χ1v) is 13.6. The molecule has 3 aromatic rings. The number of Topliss-reactive ketones (excluding diaryl/α,β-unsaturated/α-hetero) is 1.